The summed E-state index contributed by atoms with van der Waals surface area (Å²) in [5, 5.41) is 13.3. The molecule has 4 rings (SSSR count). The Hall–Kier alpha value is -4.11. The molecule has 164 valence electrons. The molecule has 0 saturated carbocycles. The number of nitrogens with zero attached hydrogens (tertiary/aromatic N) is 1. The molecule has 3 aromatic rings. The summed E-state index contributed by atoms with van der Waals surface area (Å²) in [6, 6.07) is 8.87. The van der Waals surface area contributed by atoms with Crippen molar-refractivity contribution in [3.05, 3.63) is 71.1 Å². The topological polar surface area (TPSA) is 123 Å². The molecule has 0 radical (unpaired) electrons. The molecule has 0 atom stereocenters. The lowest BCUT2D eigenvalue weighted by Crippen LogP contribution is -2.12. The average Bonchev–Trinajstić information content (AvgIpc) is 3.31. The van der Waals surface area contributed by atoms with Crippen molar-refractivity contribution in [2.24, 2.45) is 0 Å². The number of Topliss-reactive ketones (excluding diaryl/α,β-unsaturated/α-hetero) is 1. The van der Waals surface area contributed by atoms with E-state index < -0.39 is 17.3 Å². The van der Waals surface area contributed by atoms with E-state index in [1.165, 1.54) is 6.08 Å². The average molecular weight is 435 g/mol. The van der Waals surface area contributed by atoms with E-state index in [2.05, 4.69) is 15.3 Å². The van der Waals surface area contributed by atoms with Crippen LogP contribution in [-0.4, -0.2) is 47.2 Å². The molecule has 0 unspecified atom stereocenters. The molecule has 3 heterocycles. The number of aromatic amines is 1. The number of methoxy groups -OCH3 is 1. The fraction of sp³-hybridized carbons (Fsp3) is 0.174. The number of carboxylic acid groups (broad SMARTS) is 1. The van der Waals surface area contributed by atoms with Crippen LogP contribution in [0.25, 0.3) is 17.1 Å². The summed E-state index contributed by atoms with van der Waals surface area (Å²) in [6.07, 6.45) is 4.83. The number of hydrogen-bond donors (Lipinski definition) is 3. The van der Waals surface area contributed by atoms with E-state index in [0.29, 0.717) is 35.9 Å². The first kappa shape index (κ1) is 21.1. The first-order valence-electron chi connectivity index (χ1n) is 9.81. The molecule has 9 nitrogen and oxygen atoms in total. The van der Waals surface area contributed by atoms with E-state index in [9.17, 15) is 14.7 Å². The van der Waals surface area contributed by atoms with Crippen LogP contribution >= 0.6 is 0 Å². The van der Waals surface area contributed by atoms with Crippen LogP contribution in [0.1, 0.15) is 11.1 Å². The quantitative estimate of drug-likeness (QED) is 0.280. The summed E-state index contributed by atoms with van der Waals surface area (Å²) < 4.78 is 16.2. The molecule has 0 spiro atoms. The standard InChI is InChI=1S/C23H21N3O6/c1-13-10-15(31-9-8-30-2)5-6-17(13)26-22-19(23(28)29)20(27)18(32-22)11-14-12-25-21-16(14)4-3-7-24-21/h3-7,10-12,26H,8-9H2,1-2H3,(H,24,25)(H,28,29)/b18-11-. The number of carbonyl (C=O) groups is 2. The summed E-state index contributed by atoms with van der Waals surface area (Å²) in [6.45, 7) is 2.70. The zero-order chi connectivity index (χ0) is 22.7. The van der Waals surface area contributed by atoms with Gasteiger partial charge in [0.25, 0.3) is 0 Å². The lowest BCUT2D eigenvalue weighted by Gasteiger charge is -2.13. The van der Waals surface area contributed by atoms with Gasteiger partial charge in [0, 0.05) is 36.1 Å². The molecule has 3 N–H and O–H groups in total. The number of carbonyl (C=O) groups excluding carboxylic acids is 1. The maximum absolute atomic E-state index is 12.8. The van der Waals surface area contributed by atoms with Gasteiger partial charge in [0.15, 0.2) is 11.3 Å². The Morgan fingerprint density at radius 2 is 2.16 bits per heavy atom. The number of fused-ring (bicyclic) bond motifs is 1. The van der Waals surface area contributed by atoms with E-state index in [-0.39, 0.29) is 11.6 Å². The second-order valence-electron chi connectivity index (χ2n) is 7.04. The number of aryl methyl sites for hydroxylation is 1. The molecule has 9 heteroatoms. The number of benzene rings is 1. The fourth-order valence-corrected chi connectivity index (χ4v) is 3.28. The van der Waals surface area contributed by atoms with Crippen LogP contribution in [-0.2, 0) is 19.1 Å². The van der Waals surface area contributed by atoms with Gasteiger partial charge in [-0.15, -0.1) is 0 Å². The monoisotopic (exact) mass is 435 g/mol. The van der Waals surface area contributed by atoms with Gasteiger partial charge in [0.2, 0.25) is 11.7 Å². The Kier molecular flexibility index (Phi) is 5.91. The smallest absolute Gasteiger partial charge is 0.345 e. The minimum atomic E-state index is -1.38. The lowest BCUT2D eigenvalue weighted by atomic mass is 10.1. The number of rotatable bonds is 8. The number of ketones is 1. The number of aliphatic carboxylic acids is 1. The minimum Gasteiger partial charge on any atom is -0.491 e. The Labute approximate surface area is 183 Å². The fourth-order valence-electron chi connectivity index (χ4n) is 3.28. The van der Waals surface area contributed by atoms with E-state index in [0.717, 1.165) is 10.9 Å². The zero-order valence-corrected chi connectivity index (χ0v) is 17.5. The maximum atomic E-state index is 12.8. The van der Waals surface area contributed by atoms with Crippen molar-refractivity contribution < 1.29 is 28.9 Å². The van der Waals surface area contributed by atoms with Crippen LogP contribution < -0.4 is 10.1 Å². The Bertz CT molecular complexity index is 1260. The summed E-state index contributed by atoms with van der Waals surface area (Å²) in [5.74, 6) is -1.67. The van der Waals surface area contributed by atoms with Crippen LogP contribution in [0.5, 0.6) is 5.75 Å². The SMILES string of the molecule is COCCOc1ccc(NC2=C(C(=O)O)C(=O)/C(=C/c3c[nH]c4ncccc34)O2)c(C)c1. The van der Waals surface area contributed by atoms with Gasteiger partial charge < -0.3 is 29.6 Å². The van der Waals surface area contributed by atoms with E-state index in [4.69, 9.17) is 14.2 Å². The minimum absolute atomic E-state index is 0.0909. The van der Waals surface area contributed by atoms with Gasteiger partial charge in [-0.2, -0.15) is 0 Å². The number of ether oxygens (including phenoxy) is 3. The summed E-state index contributed by atoms with van der Waals surface area (Å²) in [4.78, 5) is 31.8. The Morgan fingerprint density at radius 3 is 2.91 bits per heavy atom. The third-order valence-electron chi connectivity index (χ3n) is 4.88. The van der Waals surface area contributed by atoms with Crippen molar-refractivity contribution in [1.82, 2.24) is 9.97 Å². The number of allylic oxidation sites excluding steroid dienone is 1. The molecule has 2 aromatic heterocycles. The van der Waals surface area contributed by atoms with Gasteiger partial charge >= 0.3 is 5.97 Å². The Morgan fingerprint density at radius 1 is 1.31 bits per heavy atom. The second kappa shape index (κ2) is 8.94. The van der Waals surface area contributed by atoms with Gasteiger partial charge in [-0.1, -0.05) is 0 Å². The number of anilines is 1. The largest absolute Gasteiger partial charge is 0.491 e. The number of nitrogens with one attached hydrogen (secondary N) is 2. The lowest BCUT2D eigenvalue weighted by molar-refractivity contribution is -0.134. The highest BCUT2D eigenvalue weighted by atomic mass is 16.5. The molecule has 1 aliphatic heterocycles. The molecular weight excluding hydrogens is 414 g/mol. The normalized spacial score (nSPS) is 14.8. The highest BCUT2D eigenvalue weighted by Gasteiger charge is 2.36. The molecule has 0 fully saturated rings. The summed E-state index contributed by atoms with van der Waals surface area (Å²) in [7, 11) is 1.59. The molecule has 0 bridgehead atoms. The van der Waals surface area contributed by atoms with Crippen LogP contribution in [0.4, 0.5) is 5.69 Å². The van der Waals surface area contributed by atoms with Crippen molar-refractivity contribution in [2.75, 3.05) is 25.6 Å². The van der Waals surface area contributed by atoms with E-state index in [1.54, 1.807) is 43.8 Å². The third kappa shape index (κ3) is 4.19. The first-order valence-corrected chi connectivity index (χ1v) is 9.81. The molecule has 0 aliphatic carbocycles. The molecule has 0 amide bonds. The molecular formula is C23H21N3O6. The molecule has 0 saturated heterocycles. The summed E-state index contributed by atoms with van der Waals surface area (Å²) in [5.41, 5.74) is 2.22. The predicted molar refractivity (Wildman–Crippen MR) is 117 cm³/mol. The van der Waals surface area contributed by atoms with Crippen LogP contribution in [0.3, 0.4) is 0 Å². The van der Waals surface area contributed by atoms with Crippen molar-refractivity contribution in [1.29, 1.82) is 0 Å². The number of carboxylic acids is 1. The van der Waals surface area contributed by atoms with Gasteiger partial charge in [-0.25, -0.2) is 9.78 Å². The highest BCUT2D eigenvalue weighted by molar-refractivity contribution is 6.26. The second-order valence-corrected chi connectivity index (χ2v) is 7.04. The number of hydrogen-bond acceptors (Lipinski definition) is 7. The van der Waals surface area contributed by atoms with Gasteiger partial charge in [0.05, 0.1) is 6.61 Å². The van der Waals surface area contributed by atoms with Crippen LogP contribution in [0.15, 0.2) is 59.9 Å². The van der Waals surface area contributed by atoms with E-state index in [1.807, 2.05) is 13.0 Å². The Balaban J connectivity index is 1.59. The zero-order valence-electron chi connectivity index (χ0n) is 17.5. The predicted octanol–water partition coefficient (Wildman–Crippen LogP) is 3.25. The summed E-state index contributed by atoms with van der Waals surface area (Å²) >= 11 is 0. The number of aromatic nitrogens is 2. The maximum Gasteiger partial charge on any atom is 0.345 e. The van der Waals surface area contributed by atoms with Crippen LogP contribution in [0.2, 0.25) is 0 Å². The van der Waals surface area contributed by atoms with Gasteiger partial charge in [-0.3, -0.25) is 4.79 Å². The van der Waals surface area contributed by atoms with Crippen molar-refractivity contribution >= 4 is 34.5 Å². The van der Waals surface area contributed by atoms with Gasteiger partial charge in [0.1, 0.15) is 18.0 Å². The van der Waals surface area contributed by atoms with Crippen molar-refractivity contribution in [3.8, 4) is 5.75 Å². The van der Waals surface area contributed by atoms with E-state index >= 15 is 0 Å². The number of pyridine rings is 1. The number of H-pyrrole nitrogens is 1. The van der Waals surface area contributed by atoms with Crippen LogP contribution in [0, 0.1) is 6.92 Å². The van der Waals surface area contributed by atoms with Gasteiger partial charge in [-0.05, 0) is 48.9 Å². The molecule has 32 heavy (non-hydrogen) atoms. The first-order chi connectivity index (χ1) is 15.5. The molecule has 1 aromatic carbocycles. The van der Waals surface area contributed by atoms with Crippen molar-refractivity contribution in [2.45, 2.75) is 6.92 Å². The highest BCUT2D eigenvalue weighted by Crippen LogP contribution is 2.31. The van der Waals surface area contributed by atoms with Crippen molar-refractivity contribution in [3.63, 3.8) is 0 Å². The third-order valence-corrected chi connectivity index (χ3v) is 4.88. The molecule has 1 aliphatic rings.